The van der Waals surface area contributed by atoms with Gasteiger partial charge in [-0.15, -0.1) is 0 Å². The molecule has 0 amide bonds. The number of fused-ring (bicyclic) bond motifs is 4. The largest absolute Gasteiger partial charge is 0.378 e. The van der Waals surface area contributed by atoms with E-state index in [2.05, 4.69) is 4.98 Å². The summed E-state index contributed by atoms with van der Waals surface area (Å²) in [5.41, 5.74) is 2.74. The van der Waals surface area contributed by atoms with E-state index in [-0.39, 0.29) is 16.2 Å². The molecule has 2 heterocycles. The Morgan fingerprint density at radius 1 is 0.914 bits per heavy atom. The normalized spacial score (nSPS) is 12.7. The fourth-order valence-electron chi connectivity index (χ4n) is 4.11. The van der Waals surface area contributed by atoms with E-state index < -0.39 is 10.1 Å². The van der Waals surface area contributed by atoms with Crippen LogP contribution in [0.1, 0.15) is 11.1 Å². The number of hydrogen-bond donors (Lipinski definition) is 0. The molecule has 0 saturated heterocycles. The van der Waals surface area contributed by atoms with Crippen LogP contribution >= 0.6 is 11.3 Å². The van der Waals surface area contributed by atoms with Crippen molar-refractivity contribution in [3.8, 4) is 5.75 Å². The van der Waals surface area contributed by atoms with Gasteiger partial charge in [0.05, 0.1) is 15.6 Å². The smallest absolute Gasteiger partial charge is 0.339 e. The minimum atomic E-state index is -4.08. The summed E-state index contributed by atoms with van der Waals surface area (Å²) in [7, 11) is -4.08. The van der Waals surface area contributed by atoms with Crippen molar-refractivity contribution in [2.24, 2.45) is 0 Å². The highest BCUT2D eigenvalue weighted by Crippen LogP contribution is 2.31. The Balaban J connectivity index is 1.57. The maximum Gasteiger partial charge on any atom is 0.339 e. The minimum absolute atomic E-state index is 0.0628. The summed E-state index contributed by atoms with van der Waals surface area (Å²) in [6, 6.07) is 24.9. The highest BCUT2D eigenvalue weighted by molar-refractivity contribution is 7.87. The Labute approximate surface area is 204 Å². The number of aryl methyl sites for hydroxylation is 1. The topological polar surface area (TPSA) is 77.7 Å². The van der Waals surface area contributed by atoms with E-state index in [4.69, 9.17) is 4.18 Å². The van der Waals surface area contributed by atoms with Crippen molar-refractivity contribution in [2.75, 3.05) is 0 Å². The Morgan fingerprint density at radius 2 is 1.66 bits per heavy atom. The van der Waals surface area contributed by atoms with E-state index in [1.54, 1.807) is 34.7 Å². The Bertz CT molecular complexity index is 1970. The van der Waals surface area contributed by atoms with Crippen LogP contribution in [0.25, 0.3) is 32.8 Å². The standard InChI is InChI=1S/C27H18N2O4S2/c1-17-10-13-19(14-11-17)35(31,32)33-24-15-12-18-6-2-3-7-20(18)21(24)16-25-26(30)29-23-9-5-4-8-22(23)28-27(29)34-25/h2-16H,1H3/b25-16-. The van der Waals surface area contributed by atoms with Gasteiger partial charge in [-0.3, -0.25) is 4.79 Å². The first-order valence-electron chi connectivity index (χ1n) is 10.9. The second-order valence-electron chi connectivity index (χ2n) is 8.18. The van der Waals surface area contributed by atoms with Crippen molar-refractivity contribution in [2.45, 2.75) is 11.8 Å². The number of imidazole rings is 1. The third-order valence-corrected chi connectivity index (χ3v) is 8.08. The van der Waals surface area contributed by atoms with Gasteiger partial charge in [-0.2, -0.15) is 8.42 Å². The molecule has 0 unspecified atom stereocenters. The van der Waals surface area contributed by atoms with Crippen LogP contribution in [0.5, 0.6) is 5.75 Å². The molecule has 0 bridgehead atoms. The second kappa shape index (κ2) is 8.04. The second-order valence-corrected chi connectivity index (χ2v) is 10.7. The summed E-state index contributed by atoms with van der Waals surface area (Å²) in [6.07, 6.45) is 1.69. The van der Waals surface area contributed by atoms with Gasteiger partial charge < -0.3 is 4.18 Å². The monoisotopic (exact) mass is 498 g/mol. The Hall–Kier alpha value is -4.01. The van der Waals surface area contributed by atoms with E-state index in [1.165, 1.54) is 23.5 Å². The molecule has 6 aromatic rings. The number of rotatable bonds is 4. The first-order valence-corrected chi connectivity index (χ1v) is 13.1. The molecule has 6 rings (SSSR count). The van der Waals surface area contributed by atoms with E-state index in [1.807, 2.05) is 55.5 Å². The van der Waals surface area contributed by atoms with E-state index in [0.717, 1.165) is 27.4 Å². The van der Waals surface area contributed by atoms with Gasteiger partial charge in [-0.25, -0.2) is 9.38 Å². The molecule has 0 fully saturated rings. The van der Waals surface area contributed by atoms with Crippen LogP contribution in [-0.2, 0) is 10.1 Å². The van der Waals surface area contributed by atoms with Crippen LogP contribution < -0.4 is 14.3 Å². The molecule has 172 valence electrons. The number of para-hydroxylation sites is 2. The van der Waals surface area contributed by atoms with Crippen molar-refractivity contribution in [3.05, 3.63) is 111 Å². The van der Waals surface area contributed by atoms with E-state index in [0.29, 0.717) is 15.1 Å². The molecule has 2 aromatic heterocycles. The van der Waals surface area contributed by atoms with Gasteiger partial charge in [0.1, 0.15) is 4.90 Å². The lowest BCUT2D eigenvalue weighted by Gasteiger charge is -2.12. The maximum atomic E-state index is 13.3. The third kappa shape index (κ3) is 3.67. The number of hydrogen-bond acceptors (Lipinski definition) is 6. The lowest BCUT2D eigenvalue weighted by Crippen LogP contribution is -2.23. The molecule has 0 aliphatic rings. The molecule has 0 saturated carbocycles. The maximum absolute atomic E-state index is 13.3. The lowest BCUT2D eigenvalue weighted by molar-refractivity contribution is 0.486. The zero-order valence-corrected chi connectivity index (χ0v) is 20.1. The summed E-state index contributed by atoms with van der Waals surface area (Å²) >= 11 is 1.26. The van der Waals surface area contributed by atoms with Crippen LogP contribution in [0.15, 0.2) is 94.6 Å². The van der Waals surface area contributed by atoms with Gasteiger partial charge in [0.2, 0.25) is 0 Å². The molecule has 0 aliphatic heterocycles. The fraction of sp³-hybridized carbons (Fsp3) is 0.0370. The highest BCUT2D eigenvalue weighted by Gasteiger charge is 2.20. The zero-order chi connectivity index (χ0) is 24.2. The van der Waals surface area contributed by atoms with Gasteiger partial charge in [0.15, 0.2) is 10.7 Å². The average Bonchev–Trinajstić information content (AvgIpc) is 3.36. The van der Waals surface area contributed by atoms with E-state index in [9.17, 15) is 13.2 Å². The molecule has 0 aliphatic carbocycles. The summed E-state index contributed by atoms with van der Waals surface area (Å²) in [5, 5.41) is 1.68. The predicted molar refractivity (Wildman–Crippen MR) is 139 cm³/mol. The van der Waals surface area contributed by atoms with Crippen molar-refractivity contribution in [3.63, 3.8) is 0 Å². The lowest BCUT2D eigenvalue weighted by atomic mass is 10.0. The first-order chi connectivity index (χ1) is 16.9. The molecule has 0 spiro atoms. The molecule has 0 atom stereocenters. The number of nitrogens with zero attached hydrogens (tertiary/aromatic N) is 2. The summed E-state index contributed by atoms with van der Waals surface area (Å²) in [6.45, 7) is 1.88. The number of benzene rings is 4. The van der Waals surface area contributed by atoms with Gasteiger partial charge in [-0.1, -0.05) is 71.5 Å². The molecule has 8 heteroatoms. The molecular weight excluding hydrogens is 480 g/mol. The zero-order valence-electron chi connectivity index (χ0n) is 18.5. The molecule has 0 N–H and O–H groups in total. The van der Waals surface area contributed by atoms with Crippen molar-refractivity contribution >= 4 is 54.3 Å². The predicted octanol–water partition coefficient (Wildman–Crippen LogP) is 4.69. The van der Waals surface area contributed by atoms with Gasteiger partial charge in [0.25, 0.3) is 5.56 Å². The molecular formula is C27H18N2O4S2. The average molecular weight is 499 g/mol. The van der Waals surface area contributed by atoms with Crippen LogP contribution in [0.3, 0.4) is 0 Å². The first kappa shape index (κ1) is 21.5. The molecule has 0 radical (unpaired) electrons. The summed E-state index contributed by atoms with van der Waals surface area (Å²) in [4.78, 5) is 18.5. The number of thiazole rings is 1. The van der Waals surface area contributed by atoms with Crippen molar-refractivity contribution in [1.29, 1.82) is 0 Å². The van der Waals surface area contributed by atoms with Crippen LogP contribution in [0, 0.1) is 6.92 Å². The Kier molecular flexibility index (Phi) is 4.94. The molecule has 4 aromatic carbocycles. The quantitative estimate of drug-likeness (QED) is 0.330. The van der Waals surface area contributed by atoms with Gasteiger partial charge >= 0.3 is 10.1 Å². The van der Waals surface area contributed by atoms with Gasteiger partial charge in [0, 0.05) is 5.56 Å². The van der Waals surface area contributed by atoms with Crippen molar-refractivity contribution in [1.82, 2.24) is 9.38 Å². The SMILES string of the molecule is Cc1ccc(S(=O)(=O)Oc2ccc3ccccc3c2/C=c2\sc3nc4ccccc4n3c2=O)cc1. The molecule has 6 nitrogen and oxygen atoms in total. The van der Waals surface area contributed by atoms with Gasteiger partial charge in [-0.05, 0) is 54.1 Å². The van der Waals surface area contributed by atoms with Crippen LogP contribution in [0.2, 0.25) is 0 Å². The fourth-order valence-corrected chi connectivity index (χ4v) is 6.03. The number of aromatic nitrogens is 2. The Morgan fingerprint density at radius 3 is 2.49 bits per heavy atom. The third-order valence-electron chi connectivity index (χ3n) is 5.86. The van der Waals surface area contributed by atoms with Crippen LogP contribution in [0.4, 0.5) is 0 Å². The minimum Gasteiger partial charge on any atom is -0.378 e. The molecule has 35 heavy (non-hydrogen) atoms. The summed E-state index contributed by atoms with van der Waals surface area (Å²) in [5.74, 6) is 0.152. The van der Waals surface area contributed by atoms with Crippen molar-refractivity contribution < 1.29 is 12.6 Å². The van der Waals surface area contributed by atoms with Crippen LogP contribution in [-0.4, -0.2) is 17.8 Å². The van der Waals surface area contributed by atoms with E-state index >= 15 is 0 Å². The summed E-state index contributed by atoms with van der Waals surface area (Å²) < 4.78 is 33.8. The highest BCUT2D eigenvalue weighted by atomic mass is 32.2.